The van der Waals surface area contributed by atoms with Crippen LogP contribution in [0.2, 0.25) is 0 Å². The molecule has 9 heteroatoms. The molecule has 3 aromatic carbocycles. The molecule has 0 aliphatic rings. The number of anilines is 1. The Morgan fingerprint density at radius 1 is 1.08 bits per heavy atom. The highest BCUT2D eigenvalue weighted by Crippen LogP contribution is 2.30. The van der Waals surface area contributed by atoms with Gasteiger partial charge in [-0.15, -0.1) is 0 Å². The van der Waals surface area contributed by atoms with Crippen LogP contribution in [0.3, 0.4) is 0 Å². The number of benzene rings is 3. The Balaban J connectivity index is 1.45. The predicted octanol–water partition coefficient (Wildman–Crippen LogP) is 4.49. The van der Waals surface area contributed by atoms with E-state index < -0.39 is 5.97 Å². The van der Waals surface area contributed by atoms with Crippen molar-refractivity contribution >= 4 is 51.0 Å². The molecule has 8 nitrogen and oxygen atoms in total. The van der Waals surface area contributed by atoms with Gasteiger partial charge in [-0.1, -0.05) is 60.3 Å². The van der Waals surface area contributed by atoms with Gasteiger partial charge in [-0.2, -0.15) is 0 Å². The first kappa shape index (κ1) is 26.1. The number of nitrogens with zero attached hydrogens (tertiary/aromatic N) is 2. The molecule has 1 heterocycles. The van der Waals surface area contributed by atoms with E-state index in [0.717, 1.165) is 21.5 Å². The van der Waals surface area contributed by atoms with Crippen molar-refractivity contribution in [1.29, 1.82) is 0 Å². The molecule has 0 fully saturated rings. The highest BCUT2D eigenvalue weighted by molar-refractivity contribution is 8.03. The maximum atomic E-state index is 13.1. The molecular weight excluding hydrogens is 488 g/mol. The summed E-state index contributed by atoms with van der Waals surface area (Å²) in [7, 11) is 0. The number of aryl methyl sites for hydroxylation is 1. The minimum Gasteiger partial charge on any atom is -0.451 e. The van der Waals surface area contributed by atoms with E-state index in [-0.39, 0.29) is 31.4 Å². The normalized spacial score (nSPS) is 11.9. The van der Waals surface area contributed by atoms with Gasteiger partial charge in [0.1, 0.15) is 17.6 Å². The third-order valence-electron chi connectivity index (χ3n) is 5.97. The first-order valence-corrected chi connectivity index (χ1v) is 12.7. The SMILES string of the molecule is C/C(C(=O)NCc1cnc(C)nc1N)=C(\CCO)SCOC(=O)c1cc2ccccc2c2ccccc12. The standard InChI is InChI=1S/C28H28N4O4S/c1-17(27(34)31-15-20-14-30-18(2)32-26(20)29)25(11-12-33)37-16-36-28(35)24-13-19-7-3-4-8-21(19)22-9-5-6-10-23(22)24/h3-10,13-14,33H,11-12,15-16H2,1-2H3,(H,31,34)(H2,29,30,32)/b25-17-. The van der Waals surface area contributed by atoms with Gasteiger partial charge in [-0.25, -0.2) is 14.8 Å². The van der Waals surface area contributed by atoms with Crippen LogP contribution < -0.4 is 11.1 Å². The van der Waals surface area contributed by atoms with E-state index in [9.17, 15) is 14.7 Å². The Morgan fingerprint density at radius 3 is 2.51 bits per heavy atom. The molecule has 0 atom stereocenters. The molecule has 0 saturated carbocycles. The average Bonchev–Trinajstić information content (AvgIpc) is 2.91. The van der Waals surface area contributed by atoms with Crippen LogP contribution in [0.5, 0.6) is 0 Å². The number of rotatable bonds is 9. The average molecular weight is 517 g/mol. The quantitative estimate of drug-likeness (QED) is 0.128. The summed E-state index contributed by atoms with van der Waals surface area (Å²) >= 11 is 1.21. The van der Waals surface area contributed by atoms with E-state index in [0.29, 0.717) is 33.2 Å². The van der Waals surface area contributed by atoms with Crippen molar-refractivity contribution in [3.05, 3.63) is 88.2 Å². The fraction of sp³-hybridized carbons (Fsp3) is 0.214. The lowest BCUT2D eigenvalue weighted by Gasteiger charge is -2.13. The molecule has 0 spiro atoms. The number of amides is 1. The van der Waals surface area contributed by atoms with Gasteiger partial charge in [-0.3, -0.25) is 4.79 Å². The van der Waals surface area contributed by atoms with Gasteiger partial charge >= 0.3 is 5.97 Å². The maximum absolute atomic E-state index is 13.1. The smallest absolute Gasteiger partial charge is 0.339 e. The molecule has 0 bridgehead atoms. The second-order valence-corrected chi connectivity index (χ2v) is 9.43. The number of aliphatic hydroxyl groups excluding tert-OH is 1. The molecular formula is C28H28N4O4S. The Bertz CT molecular complexity index is 1500. The fourth-order valence-electron chi connectivity index (χ4n) is 4.01. The van der Waals surface area contributed by atoms with Crippen molar-refractivity contribution < 1.29 is 19.4 Å². The van der Waals surface area contributed by atoms with Crippen LogP contribution in [0.4, 0.5) is 5.82 Å². The molecule has 190 valence electrons. The molecule has 1 amide bonds. The largest absolute Gasteiger partial charge is 0.451 e. The van der Waals surface area contributed by atoms with Crippen LogP contribution in [-0.4, -0.2) is 39.5 Å². The van der Waals surface area contributed by atoms with Gasteiger partial charge in [0.05, 0.1) is 5.56 Å². The lowest BCUT2D eigenvalue weighted by atomic mass is 9.97. The van der Waals surface area contributed by atoms with E-state index in [2.05, 4.69) is 15.3 Å². The summed E-state index contributed by atoms with van der Waals surface area (Å²) in [6, 6.07) is 17.5. The molecule has 0 unspecified atom stereocenters. The van der Waals surface area contributed by atoms with E-state index >= 15 is 0 Å². The summed E-state index contributed by atoms with van der Waals surface area (Å²) in [5, 5.41) is 16.1. The molecule has 0 aliphatic carbocycles. The Hall–Kier alpha value is -3.95. The maximum Gasteiger partial charge on any atom is 0.339 e. The van der Waals surface area contributed by atoms with Crippen molar-refractivity contribution in [3.8, 4) is 0 Å². The van der Waals surface area contributed by atoms with Crippen molar-refractivity contribution in [2.75, 3.05) is 18.3 Å². The van der Waals surface area contributed by atoms with Gasteiger partial charge < -0.3 is 20.9 Å². The zero-order chi connectivity index (χ0) is 26.4. The number of esters is 1. The van der Waals surface area contributed by atoms with Gasteiger partial charge in [0.2, 0.25) is 5.91 Å². The predicted molar refractivity (Wildman–Crippen MR) is 147 cm³/mol. The topological polar surface area (TPSA) is 127 Å². The molecule has 4 N–H and O–H groups in total. The second-order valence-electron chi connectivity index (χ2n) is 8.42. The number of nitrogens with two attached hydrogens (primary N) is 1. The van der Waals surface area contributed by atoms with E-state index in [4.69, 9.17) is 10.5 Å². The van der Waals surface area contributed by atoms with E-state index in [1.54, 1.807) is 20.0 Å². The summed E-state index contributed by atoms with van der Waals surface area (Å²) in [6.45, 7) is 3.43. The van der Waals surface area contributed by atoms with Gasteiger partial charge in [0.25, 0.3) is 0 Å². The molecule has 4 aromatic rings. The molecule has 1 aromatic heterocycles. The number of nitrogens with one attached hydrogen (secondary N) is 1. The Labute approximate surface area is 218 Å². The number of thioether (sulfide) groups is 1. The summed E-state index contributed by atoms with van der Waals surface area (Å²) in [5.74, 6) is 0.0974. The molecule has 0 aliphatic heterocycles. The first-order chi connectivity index (χ1) is 17.9. The number of aromatic nitrogens is 2. The van der Waals surface area contributed by atoms with Crippen LogP contribution in [0.25, 0.3) is 21.5 Å². The highest BCUT2D eigenvalue weighted by atomic mass is 32.2. The third-order valence-corrected chi connectivity index (χ3v) is 7.06. The molecule has 0 radical (unpaired) electrons. The number of hydrogen-bond acceptors (Lipinski definition) is 8. The Morgan fingerprint density at radius 2 is 1.78 bits per heavy atom. The van der Waals surface area contributed by atoms with Crippen LogP contribution in [-0.2, 0) is 16.1 Å². The van der Waals surface area contributed by atoms with Crippen molar-refractivity contribution in [2.24, 2.45) is 0 Å². The minimum absolute atomic E-state index is 0.00130. The van der Waals surface area contributed by atoms with Crippen LogP contribution in [0.1, 0.15) is 35.1 Å². The van der Waals surface area contributed by atoms with E-state index in [1.165, 1.54) is 11.8 Å². The van der Waals surface area contributed by atoms with Crippen molar-refractivity contribution in [3.63, 3.8) is 0 Å². The fourth-order valence-corrected chi connectivity index (χ4v) is 4.86. The zero-order valence-electron chi connectivity index (χ0n) is 20.7. The number of ether oxygens (including phenoxy) is 1. The second kappa shape index (κ2) is 11.9. The minimum atomic E-state index is -0.449. The molecule has 0 saturated heterocycles. The van der Waals surface area contributed by atoms with E-state index in [1.807, 2.05) is 54.6 Å². The summed E-state index contributed by atoms with van der Waals surface area (Å²) < 4.78 is 5.59. The zero-order valence-corrected chi connectivity index (χ0v) is 21.5. The molecule has 37 heavy (non-hydrogen) atoms. The van der Waals surface area contributed by atoms with Crippen molar-refractivity contribution in [1.82, 2.24) is 15.3 Å². The summed E-state index contributed by atoms with van der Waals surface area (Å²) in [5.41, 5.74) is 7.42. The van der Waals surface area contributed by atoms with Crippen LogP contribution >= 0.6 is 11.8 Å². The van der Waals surface area contributed by atoms with Crippen LogP contribution in [0.15, 0.2) is 71.3 Å². The van der Waals surface area contributed by atoms with Gasteiger partial charge in [0.15, 0.2) is 0 Å². The monoisotopic (exact) mass is 516 g/mol. The summed E-state index contributed by atoms with van der Waals surface area (Å²) in [4.78, 5) is 34.6. The number of fused-ring (bicyclic) bond motifs is 3. The number of aliphatic hydroxyl groups is 1. The van der Waals surface area contributed by atoms with Crippen LogP contribution in [0, 0.1) is 6.92 Å². The number of carbonyl (C=O) groups excluding carboxylic acids is 2. The van der Waals surface area contributed by atoms with Crippen molar-refractivity contribution in [2.45, 2.75) is 26.8 Å². The lowest BCUT2D eigenvalue weighted by Crippen LogP contribution is -2.25. The van der Waals surface area contributed by atoms with Gasteiger partial charge in [0, 0.05) is 36.9 Å². The third kappa shape index (κ3) is 6.07. The highest BCUT2D eigenvalue weighted by Gasteiger charge is 2.16. The number of carbonyl (C=O) groups is 2. The first-order valence-electron chi connectivity index (χ1n) is 11.8. The number of hydrogen-bond donors (Lipinski definition) is 3. The Kier molecular flexibility index (Phi) is 8.37. The molecule has 4 rings (SSSR count). The van der Waals surface area contributed by atoms with Gasteiger partial charge in [-0.05, 0) is 46.4 Å². The summed E-state index contributed by atoms with van der Waals surface area (Å²) in [6.07, 6.45) is 1.84. The lowest BCUT2D eigenvalue weighted by molar-refractivity contribution is -0.117. The number of nitrogen functional groups attached to an aromatic ring is 1.